The van der Waals surface area contributed by atoms with Crippen molar-refractivity contribution in [2.75, 3.05) is 38.0 Å². The van der Waals surface area contributed by atoms with Crippen molar-refractivity contribution in [1.82, 2.24) is 9.80 Å². The Balaban J connectivity index is 1.17. The van der Waals surface area contributed by atoms with Crippen molar-refractivity contribution in [3.05, 3.63) is 60.2 Å². The van der Waals surface area contributed by atoms with Gasteiger partial charge in [0, 0.05) is 24.7 Å². The van der Waals surface area contributed by atoms with E-state index in [0.717, 1.165) is 68.9 Å². The highest BCUT2D eigenvalue weighted by Crippen LogP contribution is 2.22. The number of carbonyl (C=O) groups is 2. The van der Waals surface area contributed by atoms with E-state index in [2.05, 4.69) is 10.2 Å². The molecule has 2 aromatic rings. The number of rotatable bonds is 7. The summed E-state index contributed by atoms with van der Waals surface area (Å²) in [7, 11) is 0. The Morgan fingerprint density at radius 1 is 0.875 bits per heavy atom. The van der Waals surface area contributed by atoms with E-state index in [4.69, 9.17) is 4.74 Å². The molecule has 2 heterocycles. The minimum Gasteiger partial charge on any atom is -0.489 e. The SMILES string of the molecule is O=C(CN1CCC(C(=O)N2CCCCC2)CC1)Nc1ccc(OCc2ccccc2)cc1. The molecule has 2 aromatic carbocycles. The van der Waals surface area contributed by atoms with E-state index in [9.17, 15) is 9.59 Å². The second kappa shape index (κ2) is 11.1. The number of piperidine rings is 2. The van der Waals surface area contributed by atoms with Crippen LogP contribution in [0.2, 0.25) is 0 Å². The molecule has 0 saturated carbocycles. The molecule has 6 heteroatoms. The molecule has 0 aromatic heterocycles. The number of anilines is 1. The van der Waals surface area contributed by atoms with E-state index in [0.29, 0.717) is 19.1 Å². The lowest BCUT2D eigenvalue weighted by atomic mass is 9.94. The van der Waals surface area contributed by atoms with E-state index < -0.39 is 0 Å². The van der Waals surface area contributed by atoms with Gasteiger partial charge in [-0.15, -0.1) is 0 Å². The Kier molecular flexibility index (Phi) is 7.77. The summed E-state index contributed by atoms with van der Waals surface area (Å²) >= 11 is 0. The predicted molar refractivity (Wildman–Crippen MR) is 125 cm³/mol. The quantitative estimate of drug-likeness (QED) is 0.716. The second-order valence-electron chi connectivity index (χ2n) is 8.78. The maximum atomic E-state index is 12.7. The first-order chi connectivity index (χ1) is 15.7. The summed E-state index contributed by atoms with van der Waals surface area (Å²) in [4.78, 5) is 29.4. The molecule has 0 radical (unpaired) electrons. The van der Waals surface area contributed by atoms with Crippen molar-refractivity contribution in [2.45, 2.75) is 38.7 Å². The van der Waals surface area contributed by atoms with Gasteiger partial charge in [-0.25, -0.2) is 0 Å². The third kappa shape index (κ3) is 6.33. The number of nitrogens with one attached hydrogen (secondary N) is 1. The molecule has 2 aliphatic rings. The van der Waals surface area contributed by atoms with Gasteiger partial charge in [-0.2, -0.15) is 0 Å². The van der Waals surface area contributed by atoms with E-state index in [1.54, 1.807) is 0 Å². The molecule has 0 spiro atoms. The molecule has 0 atom stereocenters. The lowest BCUT2D eigenvalue weighted by molar-refractivity contribution is -0.138. The average Bonchev–Trinajstić information content (AvgIpc) is 2.85. The minimum absolute atomic E-state index is 0.0243. The number of carbonyl (C=O) groups excluding carboxylic acids is 2. The maximum Gasteiger partial charge on any atom is 0.238 e. The maximum absolute atomic E-state index is 12.7. The van der Waals surface area contributed by atoms with Gasteiger partial charge in [0.1, 0.15) is 12.4 Å². The van der Waals surface area contributed by atoms with Crippen molar-refractivity contribution in [3.8, 4) is 5.75 Å². The average molecular weight is 436 g/mol. The van der Waals surface area contributed by atoms with Gasteiger partial charge in [-0.1, -0.05) is 30.3 Å². The van der Waals surface area contributed by atoms with Crippen LogP contribution in [-0.4, -0.2) is 54.3 Å². The largest absolute Gasteiger partial charge is 0.489 e. The molecule has 2 saturated heterocycles. The smallest absolute Gasteiger partial charge is 0.238 e. The molecular formula is C26H33N3O3. The van der Waals surface area contributed by atoms with Crippen LogP contribution < -0.4 is 10.1 Å². The molecule has 2 amide bonds. The third-order valence-corrected chi connectivity index (χ3v) is 6.36. The van der Waals surface area contributed by atoms with E-state index >= 15 is 0 Å². The number of benzene rings is 2. The van der Waals surface area contributed by atoms with Gasteiger partial charge in [-0.3, -0.25) is 14.5 Å². The summed E-state index contributed by atoms with van der Waals surface area (Å²) < 4.78 is 5.79. The van der Waals surface area contributed by atoms with E-state index in [1.165, 1.54) is 6.42 Å². The third-order valence-electron chi connectivity index (χ3n) is 6.36. The number of likely N-dealkylation sites (tertiary alicyclic amines) is 2. The summed E-state index contributed by atoms with van der Waals surface area (Å²) in [6, 6.07) is 17.5. The molecule has 0 aliphatic carbocycles. The fourth-order valence-corrected chi connectivity index (χ4v) is 4.49. The molecule has 4 rings (SSSR count). The summed E-state index contributed by atoms with van der Waals surface area (Å²) in [6.07, 6.45) is 5.18. The summed E-state index contributed by atoms with van der Waals surface area (Å²) in [5, 5.41) is 2.96. The van der Waals surface area contributed by atoms with Gasteiger partial charge in [0.25, 0.3) is 0 Å². The minimum atomic E-state index is -0.0243. The number of ether oxygens (including phenoxy) is 1. The molecule has 2 aliphatic heterocycles. The number of nitrogens with zero attached hydrogens (tertiary/aromatic N) is 2. The fourth-order valence-electron chi connectivity index (χ4n) is 4.49. The van der Waals surface area contributed by atoms with E-state index in [-0.39, 0.29) is 11.8 Å². The zero-order valence-corrected chi connectivity index (χ0v) is 18.7. The normalized spacial score (nSPS) is 17.7. The van der Waals surface area contributed by atoms with E-state index in [1.807, 2.05) is 59.5 Å². The van der Waals surface area contributed by atoms with Crippen molar-refractivity contribution in [2.24, 2.45) is 5.92 Å². The van der Waals surface area contributed by atoms with Gasteiger partial charge in [0.05, 0.1) is 6.54 Å². The van der Waals surface area contributed by atoms with Crippen LogP contribution in [0.25, 0.3) is 0 Å². The molecule has 6 nitrogen and oxygen atoms in total. The van der Waals surface area contributed by atoms with Crippen molar-refractivity contribution in [3.63, 3.8) is 0 Å². The second-order valence-corrected chi connectivity index (χ2v) is 8.78. The van der Waals surface area contributed by atoms with Crippen LogP contribution in [0.4, 0.5) is 5.69 Å². The van der Waals surface area contributed by atoms with Gasteiger partial charge in [-0.05, 0) is 75.0 Å². The van der Waals surface area contributed by atoms with Crippen LogP contribution >= 0.6 is 0 Å². The van der Waals surface area contributed by atoms with Crippen LogP contribution in [0, 0.1) is 5.92 Å². The zero-order valence-electron chi connectivity index (χ0n) is 18.7. The van der Waals surface area contributed by atoms with Crippen molar-refractivity contribution < 1.29 is 14.3 Å². The molecule has 1 N–H and O–H groups in total. The standard InChI is InChI=1S/C26H33N3O3/c30-25(19-28-17-13-22(14-18-28)26(31)29-15-5-2-6-16-29)27-23-9-11-24(12-10-23)32-20-21-7-3-1-4-8-21/h1,3-4,7-12,22H,2,5-6,13-20H2,(H,27,30). The van der Waals surface area contributed by atoms with Crippen LogP contribution in [0.5, 0.6) is 5.75 Å². The first-order valence-electron chi connectivity index (χ1n) is 11.8. The highest BCUT2D eigenvalue weighted by Gasteiger charge is 2.29. The Bertz CT molecular complexity index is 871. The van der Waals surface area contributed by atoms with Crippen LogP contribution in [0.3, 0.4) is 0 Å². The first kappa shape index (κ1) is 22.3. The fraction of sp³-hybridized carbons (Fsp3) is 0.462. The Hall–Kier alpha value is -2.86. The van der Waals surface area contributed by atoms with Gasteiger partial charge < -0.3 is 15.0 Å². The molecule has 170 valence electrons. The highest BCUT2D eigenvalue weighted by molar-refractivity contribution is 5.92. The topological polar surface area (TPSA) is 61.9 Å². The van der Waals surface area contributed by atoms with Crippen molar-refractivity contribution >= 4 is 17.5 Å². The molecule has 0 unspecified atom stereocenters. The predicted octanol–water partition coefficient (Wildman–Crippen LogP) is 3.93. The molecule has 2 fully saturated rings. The monoisotopic (exact) mass is 435 g/mol. The summed E-state index contributed by atoms with van der Waals surface area (Å²) in [6.45, 7) is 4.29. The molecule has 0 bridgehead atoms. The lowest BCUT2D eigenvalue weighted by Crippen LogP contribution is -2.45. The van der Waals surface area contributed by atoms with Gasteiger partial charge >= 0.3 is 0 Å². The Morgan fingerprint density at radius 2 is 1.56 bits per heavy atom. The molecular weight excluding hydrogens is 402 g/mol. The first-order valence-corrected chi connectivity index (χ1v) is 11.8. The van der Waals surface area contributed by atoms with Crippen LogP contribution in [0.1, 0.15) is 37.7 Å². The number of hydrogen-bond acceptors (Lipinski definition) is 4. The number of hydrogen-bond donors (Lipinski definition) is 1. The van der Waals surface area contributed by atoms with Crippen LogP contribution in [-0.2, 0) is 16.2 Å². The van der Waals surface area contributed by atoms with Gasteiger partial charge in [0.15, 0.2) is 0 Å². The highest BCUT2D eigenvalue weighted by atomic mass is 16.5. The zero-order chi connectivity index (χ0) is 22.2. The summed E-state index contributed by atoms with van der Waals surface area (Å²) in [5.41, 5.74) is 1.88. The molecule has 32 heavy (non-hydrogen) atoms. The number of amides is 2. The van der Waals surface area contributed by atoms with Crippen molar-refractivity contribution in [1.29, 1.82) is 0 Å². The summed E-state index contributed by atoms with van der Waals surface area (Å²) in [5.74, 6) is 1.19. The van der Waals surface area contributed by atoms with Crippen LogP contribution in [0.15, 0.2) is 54.6 Å². The lowest BCUT2D eigenvalue weighted by Gasteiger charge is -2.35. The Morgan fingerprint density at radius 3 is 2.25 bits per heavy atom. The Labute approximate surface area is 190 Å². The van der Waals surface area contributed by atoms with Gasteiger partial charge in [0.2, 0.25) is 11.8 Å².